The number of ether oxygens (including phenoxy) is 2. The zero-order chi connectivity index (χ0) is 16.2. The van der Waals surface area contributed by atoms with Crippen molar-refractivity contribution >= 4 is 23.5 Å². The van der Waals surface area contributed by atoms with Gasteiger partial charge in [0, 0.05) is 6.42 Å². The second-order valence-corrected chi connectivity index (χ2v) is 5.26. The maximum atomic E-state index is 12.2. The lowest BCUT2D eigenvalue weighted by atomic mass is 10.1. The predicted octanol–water partition coefficient (Wildman–Crippen LogP) is 3.88. The Morgan fingerprint density at radius 3 is 2.87 bits per heavy atom. The number of fused-ring (bicyclic) bond motifs is 1. The van der Waals surface area contributed by atoms with E-state index >= 15 is 0 Å². The summed E-state index contributed by atoms with van der Waals surface area (Å²) in [5, 5.41) is 9.61. The summed E-state index contributed by atoms with van der Waals surface area (Å²) in [6.45, 7) is 1.05. The molecule has 1 aromatic carbocycles. The molecule has 2 heterocycles. The molecule has 0 saturated carbocycles. The molecule has 6 heteroatoms. The average molecular weight is 330 g/mol. The molecule has 1 aromatic heterocycles. The number of carbonyl (C=O) groups excluding carboxylic acids is 1. The van der Waals surface area contributed by atoms with E-state index in [1.807, 2.05) is 6.07 Å². The second-order valence-electron chi connectivity index (χ2n) is 4.86. The molecule has 0 N–H and O–H groups in total. The number of rotatable bonds is 3. The van der Waals surface area contributed by atoms with Crippen LogP contribution in [0.25, 0.3) is 6.08 Å². The number of Topliss-reactive ketones (excluding diaryl/α,β-unsaturated/α-hetero) is 1. The van der Waals surface area contributed by atoms with Crippen molar-refractivity contribution in [2.75, 3.05) is 13.2 Å². The van der Waals surface area contributed by atoms with E-state index < -0.39 is 5.78 Å². The Bertz CT molecular complexity index is 803. The number of allylic oxidation sites excluding steroid dienone is 1. The largest absolute Gasteiger partial charge is 0.489 e. The smallest absolute Gasteiger partial charge is 0.238 e. The maximum absolute atomic E-state index is 12.2. The molecule has 3 rings (SSSR count). The van der Waals surface area contributed by atoms with Crippen molar-refractivity contribution < 1.29 is 18.7 Å². The normalized spacial score (nSPS) is 14.0. The van der Waals surface area contributed by atoms with Crippen molar-refractivity contribution in [1.82, 2.24) is 0 Å². The number of carbonyl (C=O) groups is 1. The van der Waals surface area contributed by atoms with E-state index in [1.165, 1.54) is 18.4 Å². The highest BCUT2D eigenvalue weighted by atomic mass is 35.5. The lowest BCUT2D eigenvalue weighted by Crippen LogP contribution is -2.00. The highest BCUT2D eigenvalue weighted by Gasteiger charge is 2.18. The van der Waals surface area contributed by atoms with Gasteiger partial charge in [-0.1, -0.05) is 11.6 Å². The van der Waals surface area contributed by atoms with Gasteiger partial charge in [-0.15, -0.1) is 0 Å². The van der Waals surface area contributed by atoms with E-state index in [1.54, 1.807) is 18.2 Å². The van der Waals surface area contributed by atoms with E-state index in [4.69, 9.17) is 25.5 Å². The molecule has 0 unspecified atom stereocenters. The Morgan fingerprint density at radius 1 is 1.30 bits per heavy atom. The topological polar surface area (TPSA) is 72.5 Å². The molecule has 0 radical (unpaired) electrons. The van der Waals surface area contributed by atoms with Crippen LogP contribution in [0.2, 0.25) is 5.02 Å². The van der Waals surface area contributed by atoms with Crippen LogP contribution in [0, 0.1) is 11.3 Å². The number of ketones is 1. The molecule has 0 spiro atoms. The second kappa shape index (κ2) is 6.59. The molecule has 5 nitrogen and oxygen atoms in total. The number of benzene rings is 1. The number of hydrogen-bond donors (Lipinski definition) is 0. The standard InChI is InChI=1S/C17H12ClNO4/c18-13-8-11(9-15-17(13)23-6-2-5-22-15)7-12(10-19)16(20)14-3-1-4-21-14/h1,3-4,7-9H,2,5-6H2/b12-7+. The van der Waals surface area contributed by atoms with Crippen molar-refractivity contribution in [2.24, 2.45) is 0 Å². The molecule has 2 aromatic rings. The maximum Gasteiger partial charge on any atom is 0.238 e. The lowest BCUT2D eigenvalue weighted by Gasteiger charge is -2.10. The highest BCUT2D eigenvalue weighted by Crippen LogP contribution is 2.38. The Balaban J connectivity index is 1.98. The molecule has 23 heavy (non-hydrogen) atoms. The van der Waals surface area contributed by atoms with Crippen LogP contribution in [0.15, 0.2) is 40.5 Å². The van der Waals surface area contributed by atoms with Crippen LogP contribution in [0.5, 0.6) is 11.5 Å². The summed E-state index contributed by atoms with van der Waals surface area (Å²) in [6, 6.07) is 8.31. The first kappa shape index (κ1) is 15.2. The van der Waals surface area contributed by atoms with E-state index in [0.29, 0.717) is 35.3 Å². The monoisotopic (exact) mass is 329 g/mol. The number of halogens is 1. The third-order valence-electron chi connectivity index (χ3n) is 3.25. The minimum Gasteiger partial charge on any atom is -0.489 e. The number of hydrogen-bond acceptors (Lipinski definition) is 5. The van der Waals surface area contributed by atoms with Gasteiger partial charge in [-0.25, -0.2) is 0 Å². The van der Waals surface area contributed by atoms with Gasteiger partial charge < -0.3 is 13.9 Å². The third kappa shape index (κ3) is 3.22. The van der Waals surface area contributed by atoms with E-state index in [-0.39, 0.29) is 11.3 Å². The third-order valence-corrected chi connectivity index (χ3v) is 3.53. The molecule has 0 saturated heterocycles. The van der Waals surface area contributed by atoms with Crippen molar-refractivity contribution in [2.45, 2.75) is 6.42 Å². The molecule has 0 amide bonds. The molecular formula is C17H12ClNO4. The molecule has 0 aliphatic carbocycles. The predicted molar refractivity (Wildman–Crippen MR) is 83.7 cm³/mol. The Morgan fingerprint density at radius 2 is 2.13 bits per heavy atom. The Labute approximate surface area is 137 Å². The van der Waals surface area contributed by atoms with Crippen LogP contribution in [0.3, 0.4) is 0 Å². The summed E-state index contributed by atoms with van der Waals surface area (Å²) >= 11 is 6.21. The van der Waals surface area contributed by atoms with Crippen LogP contribution in [-0.4, -0.2) is 19.0 Å². The van der Waals surface area contributed by atoms with Gasteiger partial charge in [0.05, 0.1) is 24.5 Å². The first-order valence-electron chi connectivity index (χ1n) is 6.98. The van der Waals surface area contributed by atoms with Gasteiger partial charge in [-0.3, -0.25) is 4.79 Å². The van der Waals surface area contributed by atoms with Crippen molar-refractivity contribution in [3.8, 4) is 17.6 Å². The van der Waals surface area contributed by atoms with E-state index in [9.17, 15) is 10.1 Å². The van der Waals surface area contributed by atoms with Crippen molar-refractivity contribution in [3.05, 3.63) is 52.4 Å². The highest BCUT2D eigenvalue weighted by molar-refractivity contribution is 6.32. The Kier molecular flexibility index (Phi) is 4.35. The van der Waals surface area contributed by atoms with E-state index in [2.05, 4.69) is 0 Å². The van der Waals surface area contributed by atoms with Crippen molar-refractivity contribution in [3.63, 3.8) is 0 Å². The molecule has 1 aliphatic heterocycles. The quantitative estimate of drug-likeness (QED) is 0.485. The molecule has 0 bridgehead atoms. The molecule has 0 fully saturated rings. The number of furan rings is 1. The van der Waals surface area contributed by atoms with Gasteiger partial charge in [0.15, 0.2) is 17.3 Å². The summed E-state index contributed by atoms with van der Waals surface area (Å²) in [6.07, 6.45) is 3.59. The number of nitriles is 1. The number of nitrogens with zero attached hydrogens (tertiary/aromatic N) is 1. The molecule has 0 atom stereocenters. The summed E-state index contributed by atoms with van der Waals surface area (Å²) < 4.78 is 16.2. The van der Waals surface area contributed by atoms with E-state index in [0.717, 1.165) is 6.42 Å². The summed E-state index contributed by atoms with van der Waals surface area (Å²) in [4.78, 5) is 12.2. The zero-order valence-electron chi connectivity index (χ0n) is 12.0. The van der Waals surface area contributed by atoms with Crippen molar-refractivity contribution in [1.29, 1.82) is 5.26 Å². The Hall–Kier alpha value is -2.71. The fourth-order valence-electron chi connectivity index (χ4n) is 2.19. The van der Waals surface area contributed by atoms with Crippen LogP contribution in [-0.2, 0) is 0 Å². The summed E-state index contributed by atoms with van der Waals surface area (Å²) in [5.41, 5.74) is 0.529. The fourth-order valence-corrected chi connectivity index (χ4v) is 2.46. The fraction of sp³-hybridized carbons (Fsp3) is 0.176. The van der Waals surface area contributed by atoms with Gasteiger partial charge in [-0.2, -0.15) is 5.26 Å². The van der Waals surface area contributed by atoms with Gasteiger partial charge in [0.25, 0.3) is 0 Å². The van der Waals surface area contributed by atoms with Gasteiger partial charge in [0.2, 0.25) is 5.78 Å². The average Bonchev–Trinajstić information content (AvgIpc) is 2.98. The molecular weight excluding hydrogens is 318 g/mol. The van der Waals surface area contributed by atoms with Gasteiger partial charge in [-0.05, 0) is 35.9 Å². The lowest BCUT2D eigenvalue weighted by molar-refractivity contribution is 0.101. The van der Waals surface area contributed by atoms with Gasteiger partial charge in [0.1, 0.15) is 11.6 Å². The molecule has 1 aliphatic rings. The van der Waals surface area contributed by atoms with Crippen LogP contribution in [0.4, 0.5) is 0 Å². The SMILES string of the molecule is N#C/C(=C\c1cc(Cl)c2c(c1)OCCCO2)C(=O)c1ccco1. The summed E-state index contributed by atoms with van der Waals surface area (Å²) in [5.74, 6) is 0.611. The van der Waals surface area contributed by atoms with Crippen LogP contribution >= 0.6 is 11.6 Å². The first-order valence-corrected chi connectivity index (χ1v) is 7.36. The summed E-state index contributed by atoms with van der Waals surface area (Å²) in [7, 11) is 0. The minimum atomic E-state index is -0.485. The first-order chi connectivity index (χ1) is 11.2. The van der Waals surface area contributed by atoms with Crippen LogP contribution < -0.4 is 9.47 Å². The zero-order valence-corrected chi connectivity index (χ0v) is 12.8. The minimum absolute atomic E-state index is 0.0505. The van der Waals surface area contributed by atoms with Gasteiger partial charge >= 0.3 is 0 Å². The van der Waals surface area contributed by atoms with Crippen LogP contribution in [0.1, 0.15) is 22.5 Å². The molecule has 116 valence electrons.